The molecule has 0 fully saturated rings. The molecule has 0 aliphatic rings. The summed E-state index contributed by atoms with van der Waals surface area (Å²) >= 11 is 0. The maximum absolute atomic E-state index is 12.9. The Labute approximate surface area is 261 Å². The quantitative estimate of drug-likeness (QED) is 0.128. The third kappa shape index (κ3) is 11.9. The molecular weight excluding hydrogens is 560 g/mol. The minimum Gasteiger partial charge on any atom is -0.507 e. The zero-order valence-electron chi connectivity index (χ0n) is 26.6. The predicted molar refractivity (Wildman–Crippen MR) is 171 cm³/mol. The fraction of sp³-hybridized carbons (Fsp3) is 0.529. The number of unbranched alkanes of at least 4 members (excludes halogenated alkanes) is 3. The van der Waals surface area contributed by atoms with Crippen LogP contribution in [0.3, 0.4) is 0 Å². The highest BCUT2D eigenvalue weighted by atomic mass is 16.3. The molecule has 10 nitrogen and oxygen atoms in total. The molecule has 0 spiro atoms. The molecule has 2 unspecified atom stereocenters. The molecule has 242 valence electrons. The first-order valence-corrected chi connectivity index (χ1v) is 15.9. The van der Waals surface area contributed by atoms with Crippen molar-refractivity contribution in [3.63, 3.8) is 0 Å². The summed E-state index contributed by atoms with van der Waals surface area (Å²) in [5.41, 5.74) is 11.7. The van der Waals surface area contributed by atoms with Crippen LogP contribution in [0, 0.1) is 11.8 Å². The lowest BCUT2D eigenvalue weighted by molar-refractivity contribution is -0.126. The molecule has 0 aromatic heterocycles. The Bertz CT molecular complexity index is 1250. The van der Waals surface area contributed by atoms with Gasteiger partial charge in [-0.1, -0.05) is 71.9 Å². The largest absolute Gasteiger partial charge is 0.507 e. The van der Waals surface area contributed by atoms with Crippen molar-refractivity contribution in [2.75, 3.05) is 0 Å². The van der Waals surface area contributed by atoms with Gasteiger partial charge >= 0.3 is 0 Å². The highest BCUT2D eigenvalue weighted by Crippen LogP contribution is 2.22. The van der Waals surface area contributed by atoms with Gasteiger partial charge in [0.1, 0.15) is 11.5 Å². The topological polar surface area (TPSA) is 157 Å². The molecule has 0 saturated carbocycles. The zero-order valence-corrected chi connectivity index (χ0v) is 26.6. The second-order valence-electron chi connectivity index (χ2n) is 11.5. The summed E-state index contributed by atoms with van der Waals surface area (Å²) < 4.78 is 0. The van der Waals surface area contributed by atoms with Crippen molar-refractivity contribution in [3.8, 4) is 11.5 Å². The lowest BCUT2D eigenvalue weighted by Crippen LogP contribution is -2.45. The SMILES string of the molecule is CCCCc1ccc(C(=O)NNC(=O)C(C)CCCC(CCCC)C(=O)NNC(=O)c2ccc(CCCC)cc2O)c(O)c1. The lowest BCUT2D eigenvalue weighted by atomic mass is 9.93. The van der Waals surface area contributed by atoms with E-state index in [-0.39, 0.29) is 40.4 Å². The molecule has 10 heteroatoms. The number of phenols is 2. The molecule has 2 aromatic carbocycles. The predicted octanol–water partition coefficient (Wildman–Crippen LogP) is 5.62. The van der Waals surface area contributed by atoms with Crippen molar-refractivity contribution in [2.45, 2.75) is 105 Å². The number of nitrogens with one attached hydrogen (secondary N) is 4. The Morgan fingerprint density at radius 1 is 0.614 bits per heavy atom. The van der Waals surface area contributed by atoms with Crippen LogP contribution in [0.25, 0.3) is 0 Å². The van der Waals surface area contributed by atoms with Gasteiger partial charge in [0.05, 0.1) is 11.1 Å². The summed E-state index contributed by atoms with van der Waals surface area (Å²) in [6.45, 7) is 7.94. The second-order valence-corrected chi connectivity index (χ2v) is 11.5. The summed E-state index contributed by atoms with van der Waals surface area (Å²) in [5, 5.41) is 20.5. The van der Waals surface area contributed by atoms with Gasteiger partial charge < -0.3 is 10.2 Å². The first kappa shape index (κ1) is 36.1. The Morgan fingerprint density at radius 3 is 1.52 bits per heavy atom. The zero-order chi connectivity index (χ0) is 32.5. The van der Waals surface area contributed by atoms with Crippen LogP contribution in [0.4, 0.5) is 0 Å². The van der Waals surface area contributed by atoms with E-state index in [1.807, 2.05) is 6.92 Å². The highest BCUT2D eigenvalue weighted by Gasteiger charge is 2.22. The number of amides is 4. The standard InChI is InChI=1S/C34H50N4O6/c1-5-8-13-24-17-19-27(29(39)21-24)33(43)37-35-31(41)23(4)12-11-16-26(15-10-7-3)32(42)36-38-34(44)28-20-18-25(14-9-6-2)22-30(28)40/h17-23,26,39-40H,5-16H2,1-4H3,(H,35,41)(H,36,42)(H,37,43)(H,38,44). The van der Waals surface area contributed by atoms with Crippen LogP contribution in [0.1, 0.15) is 124 Å². The van der Waals surface area contributed by atoms with Gasteiger partial charge in [-0.25, -0.2) is 0 Å². The van der Waals surface area contributed by atoms with Crippen molar-refractivity contribution in [1.29, 1.82) is 0 Å². The van der Waals surface area contributed by atoms with Crippen molar-refractivity contribution in [3.05, 3.63) is 58.7 Å². The van der Waals surface area contributed by atoms with E-state index in [1.165, 1.54) is 0 Å². The van der Waals surface area contributed by atoms with Crippen molar-refractivity contribution in [1.82, 2.24) is 21.7 Å². The molecule has 0 heterocycles. The summed E-state index contributed by atoms with van der Waals surface area (Å²) in [5.74, 6) is -2.96. The van der Waals surface area contributed by atoms with Gasteiger partial charge in [-0.15, -0.1) is 0 Å². The Kier molecular flexibility index (Phi) is 15.8. The van der Waals surface area contributed by atoms with Crippen molar-refractivity contribution in [2.24, 2.45) is 11.8 Å². The van der Waals surface area contributed by atoms with Crippen LogP contribution < -0.4 is 21.7 Å². The normalized spacial score (nSPS) is 12.2. The van der Waals surface area contributed by atoms with Gasteiger partial charge in [0, 0.05) is 11.8 Å². The fourth-order valence-corrected chi connectivity index (χ4v) is 4.87. The number of rotatable bonds is 17. The minimum atomic E-state index is -0.607. The number of phenolic OH excluding ortho intramolecular Hbond substituents is 2. The monoisotopic (exact) mass is 610 g/mol. The van der Waals surface area contributed by atoms with Crippen LogP contribution >= 0.6 is 0 Å². The Hall–Kier alpha value is -4.08. The van der Waals surface area contributed by atoms with E-state index in [2.05, 4.69) is 35.6 Å². The van der Waals surface area contributed by atoms with E-state index in [0.717, 1.165) is 62.5 Å². The molecule has 0 bridgehead atoms. The van der Waals surface area contributed by atoms with Crippen LogP contribution in [0.5, 0.6) is 11.5 Å². The van der Waals surface area contributed by atoms with Gasteiger partial charge in [0.15, 0.2) is 0 Å². The fourth-order valence-electron chi connectivity index (χ4n) is 4.87. The summed E-state index contributed by atoms with van der Waals surface area (Å²) in [4.78, 5) is 50.6. The number of benzene rings is 2. The van der Waals surface area contributed by atoms with Crippen LogP contribution in [-0.4, -0.2) is 33.8 Å². The van der Waals surface area contributed by atoms with E-state index < -0.39 is 17.7 Å². The first-order valence-electron chi connectivity index (χ1n) is 15.9. The number of hydrazine groups is 2. The van der Waals surface area contributed by atoms with E-state index in [1.54, 1.807) is 43.3 Å². The van der Waals surface area contributed by atoms with E-state index in [9.17, 15) is 29.4 Å². The van der Waals surface area contributed by atoms with Gasteiger partial charge in [0.25, 0.3) is 11.8 Å². The van der Waals surface area contributed by atoms with E-state index >= 15 is 0 Å². The molecule has 2 rings (SSSR count). The van der Waals surface area contributed by atoms with Crippen LogP contribution in [0.2, 0.25) is 0 Å². The van der Waals surface area contributed by atoms with Crippen molar-refractivity contribution < 1.29 is 29.4 Å². The molecule has 4 amide bonds. The van der Waals surface area contributed by atoms with Gasteiger partial charge in [0.2, 0.25) is 11.8 Å². The molecule has 6 N–H and O–H groups in total. The second kappa shape index (κ2) is 19.2. The third-order valence-electron chi connectivity index (χ3n) is 7.76. The smallest absolute Gasteiger partial charge is 0.273 e. The molecule has 2 aromatic rings. The molecule has 0 radical (unpaired) electrons. The number of hydrogen-bond donors (Lipinski definition) is 6. The molecule has 0 aliphatic carbocycles. The maximum Gasteiger partial charge on any atom is 0.273 e. The summed E-state index contributed by atoms with van der Waals surface area (Å²) in [7, 11) is 0. The maximum atomic E-state index is 12.9. The number of carbonyl (C=O) groups excluding carboxylic acids is 4. The van der Waals surface area contributed by atoms with Gasteiger partial charge in [-0.3, -0.25) is 40.9 Å². The van der Waals surface area contributed by atoms with Crippen molar-refractivity contribution >= 4 is 23.6 Å². The lowest BCUT2D eigenvalue weighted by Gasteiger charge is -2.18. The van der Waals surface area contributed by atoms with Gasteiger partial charge in [-0.05, 0) is 80.3 Å². The average Bonchev–Trinajstić information content (AvgIpc) is 3.01. The number of hydrogen-bond acceptors (Lipinski definition) is 6. The number of aromatic hydroxyl groups is 2. The summed E-state index contributed by atoms with van der Waals surface area (Å²) in [6, 6.07) is 9.84. The van der Waals surface area contributed by atoms with Gasteiger partial charge in [-0.2, -0.15) is 0 Å². The van der Waals surface area contributed by atoms with Crippen LogP contribution in [-0.2, 0) is 22.4 Å². The third-order valence-corrected chi connectivity index (χ3v) is 7.76. The molecular formula is C34H50N4O6. The minimum absolute atomic E-state index is 0.0780. The average molecular weight is 611 g/mol. The molecule has 0 aliphatic heterocycles. The highest BCUT2D eigenvalue weighted by molar-refractivity contribution is 5.98. The number of aryl methyl sites for hydroxylation is 2. The van der Waals surface area contributed by atoms with E-state index in [4.69, 9.17) is 0 Å². The summed E-state index contributed by atoms with van der Waals surface area (Å²) in [6.07, 6.45) is 9.61. The molecule has 44 heavy (non-hydrogen) atoms. The molecule has 2 atom stereocenters. The Morgan fingerprint density at radius 2 is 1.07 bits per heavy atom. The van der Waals surface area contributed by atoms with E-state index in [0.29, 0.717) is 25.7 Å². The van der Waals surface area contributed by atoms with Crippen LogP contribution in [0.15, 0.2) is 36.4 Å². The number of carbonyl (C=O) groups is 4. The molecule has 0 saturated heterocycles. The first-order chi connectivity index (χ1) is 21.1. The Balaban J connectivity index is 1.82.